The van der Waals surface area contributed by atoms with Gasteiger partial charge in [-0.25, -0.2) is 0 Å². The maximum Gasteiger partial charge on any atom is 0.226 e. The Hall–Kier alpha value is -2.00. The Morgan fingerprint density at radius 2 is 2.05 bits per heavy atom. The monoisotopic (exact) mass is 314 g/mol. The molecule has 1 aliphatic heterocycles. The number of carbonyl (C=O) groups excluding carboxylic acids is 1. The van der Waals surface area contributed by atoms with Gasteiger partial charge < -0.3 is 10.2 Å². The molecule has 2 aromatic rings. The summed E-state index contributed by atoms with van der Waals surface area (Å²) < 4.78 is 0. The summed E-state index contributed by atoms with van der Waals surface area (Å²) in [7, 11) is 0. The number of rotatable bonds is 4. The van der Waals surface area contributed by atoms with Gasteiger partial charge in [-0.2, -0.15) is 0 Å². The topological polar surface area (TPSA) is 32.3 Å². The van der Waals surface area contributed by atoms with Gasteiger partial charge in [-0.15, -0.1) is 0 Å². The highest BCUT2D eigenvalue weighted by atomic mass is 35.5. The number of halogens is 1. The summed E-state index contributed by atoms with van der Waals surface area (Å²) in [6.07, 6.45) is 2.75. The lowest BCUT2D eigenvalue weighted by atomic mass is 10.0. The fraction of sp³-hybridized carbons (Fsp3) is 0.278. The number of benzene rings is 2. The van der Waals surface area contributed by atoms with Crippen molar-refractivity contribution >= 4 is 28.9 Å². The highest BCUT2D eigenvalue weighted by Crippen LogP contribution is 2.26. The average Bonchev–Trinajstić information content (AvgIpc) is 2.53. The Balaban J connectivity index is 1.58. The third kappa shape index (κ3) is 3.60. The summed E-state index contributed by atoms with van der Waals surface area (Å²) >= 11 is 5.92. The molecule has 0 radical (unpaired) electrons. The summed E-state index contributed by atoms with van der Waals surface area (Å²) in [6, 6.07) is 15.7. The van der Waals surface area contributed by atoms with Gasteiger partial charge in [-0.05, 0) is 42.7 Å². The van der Waals surface area contributed by atoms with E-state index >= 15 is 0 Å². The number of nitrogens with zero attached hydrogens (tertiary/aromatic N) is 1. The van der Waals surface area contributed by atoms with Crippen LogP contribution in [0.25, 0.3) is 0 Å². The van der Waals surface area contributed by atoms with Gasteiger partial charge in [0.1, 0.15) is 0 Å². The Bertz CT molecular complexity index is 672. The lowest BCUT2D eigenvalue weighted by molar-refractivity contribution is -0.116. The SMILES string of the molecule is O=C(CCN1CCCc2ccccc21)Nc1cccc(Cl)c1. The first-order valence-corrected chi connectivity index (χ1v) is 7.98. The molecule has 0 unspecified atom stereocenters. The molecule has 0 aromatic heterocycles. The van der Waals surface area contributed by atoms with E-state index in [0.29, 0.717) is 11.4 Å². The normalized spacial score (nSPS) is 13.6. The Kier molecular flexibility index (Phi) is 4.64. The summed E-state index contributed by atoms with van der Waals surface area (Å²) in [5.41, 5.74) is 3.39. The van der Waals surface area contributed by atoms with Crippen molar-refractivity contribution in [2.24, 2.45) is 0 Å². The van der Waals surface area contributed by atoms with Crippen LogP contribution in [0.2, 0.25) is 5.02 Å². The molecule has 2 aromatic carbocycles. The standard InChI is InChI=1S/C18H19ClN2O/c19-15-7-3-8-16(13-15)20-18(22)10-12-21-11-4-6-14-5-1-2-9-17(14)21/h1-3,5,7-9,13H,4,6,10-12H2,(H,20,22). The lowest BCUT2D eigenvalue weighted by Crippen LogP contribution is -2.32. The van der Waals surface area contributed by atoms with Gasteiger partial charge in [0.05, 0.1) is 0 Å². The maximum absolute atomic E-state index is 12.1. The highest BCUT2D eigenvalue weighted by molar-refractivity contribution is 6.30. The minimum atomic E-state index is 0.0188. The molecule has 0 aliphatic carbocycles. The summed E-state index contributed by atoms with van der Waals surface area (Å²) in [4.78, 5) is 14.4. The molecule has 4 heteroatoms. The van der Waals surface area contributed by atoms with Crippen LogP contribution in [0.3, 0.4) is 0 Å². The molecular formula is C18H19ClN2O. The van der Waals surface area contributed by atoms with Crippen LogP contribution in [0, 0.1) is 0 Å². The van der Waals surface area contributed by atoms with Crippen LogP contribution in [0.15, 0.2) is 48.5 Å². The number of hydrogen-bond donors (Lipinski definition) is 1. The van der Waals surface area contributed by atoms with Crippen molar-refractivity contribution in [2.75, 3.05) is 23.3 Å². The molecule has 1 amide bonds. The second kappa shape index (κ2) is 6.84. The predicted molar refractivity (Wildman–Crippen MR) is 91.7 cm³/mol. The van der Waals surface area contributed by atoms with E-state index in [1.165, 1.54) is 11.3 Å². The molecule has 1 aliphatic rings. The number of fused-ring (bicyclic) bond motifs is 1. The molecule has 0 atom stereocenters. The summed E-state index contributed by atoms with van der Waals surface area (Å²) in [6.45, 7) is 1.75. The van der Waals surface area contributed by atoms with Crippen molar-refractivity contribution < 1.29 is 4.79 Å². The third-order valence-electron chi connectivity index (χ3n) is 3.92. The van der Waals surface area contributed by atoms with Crippen LogP contribution < -0.4 is 10.2 Å². The van der Waals surface area contributed by atoms with Crippen molar-refractivity contribution in [3.63, 3.8) is 0 Å². The van der Waals surface area contributed by atoms with Crippen LogP contribution in [0.1, 0.15) is 18.4 Å². The second-order valence-electron chi connectivity index (χ2n) is 5.53. The molecule has 0 spiro atoms. The highest BCUT2D eigenvalue weighted by Gasteiger charge is 2.16. The number of amides is 1. The summed E-state index contributed by atoms with van der Waals surface area (Å²) in [5, 5.41) is 3.52. The van der Waals surface area contributed by atoms with Crippen molar-refractivity contribution in [1.82, 2.24) is 0 Å². The molecule has 3 nitrogen and oxygen atoms in total. The van der Waals surface area contributed by atoms with Crippen LogP contribution in [-0.4, -0.2) is 19.0 Å². The Labute approximate surface area is 135 Å². The Morgan fingerprint density at radius 1 is 1.18 bits per heavy atom. The number of para-hydroxylation sites is 1. The number of hydrogen-bond acceptors (Lipinski definition) is 2. The third-order valence-corrected chi connectivity index (χ3v) is 4.16. The largest absolute Gasteiger partial charge is 0.371 e. The molecule has 0 saturated heterocycles. The van der Waals surface area contributed by atoms with Gasteiger partial charge in [-0.1, -0.05) is 35.9 Å². The number of anilines is 2. The van der Waals surface area contributed by atoms with Gasteiger partial charge in [0.25, 0.3) is 0 Å². The number of nitrogens with one attached hydrogen (secondary N) is 1. The predicted octanol–water partition coefficient (Wildman–Crippen LogP) is 4.12. The van der Waals surface area contributed by atoms with Crippen molar-refractivity contribution in [1.29, 1.82) is 0 Å². The summed E-state index contributed by atoms with van der Waals surface area (Å²) in [5.74, 6) is 0.0188. The molecule has 3 rings (SSSR count). The van der Waals surface area contributed by atoms with Crippen molar-refractivity contribution in [3.05, 3.63) is 59.1 Å². The van der Waals surface area contributed by atoms with Gasteiger partial charge in [0, 0.05) is 35.9 Å². The lowest BCUT2D eigenvalue weighted by Gasteiger charge is -2.31. The zero-order valence-corrected chi connectivity index (χ0v) is 13.1. The van der Waals surface area contributed by atoms with E-state index in [2.05, 4.69) is 34.5 Å². The first kappa shape index (κ1) is 14.9. The average molecular weight is 315 g/mol. The zero-order chi connectivity index (χ0) is 15.4. The first-order chi connectivity index (χ1) is 10.7. The smallest absolute Gasteiger partial charge is 0.226 e. The van der Waals surface area contributed by atoms with Gasteiger partial charge in [-0.3, -0.25) is 4.79 Å². The molecule has 1 N–H and O–H groups in total. The van der Waals surface area contributed by atoms with Crippen LogP contribution in [0.5, 0.6) is 0 Å². The zero-order valence-electron chi connectivity index (χ0n) is 12.4. The maximum atomic E-state index is 12.1. The molecule has 0 bridgehead atoms. The fourth-order valence-corrected chi connectivity index (χ4v) is 3.06. The van der Waals surface area contributed by atoms with Gasteiger partial charge >= 0.3 is 0 Å². The van der Waals surface area contributed by atoms with Crippen LogP contribution in [-0.2, 0) is 11.2 Å². The molecule has 114 valence electrons. The van der Waals surface area contributed by atoms with Crippen molar-refractivity contribution in [3.8, 4) is 0 Å². The quantitative estimate of drug-likeness (QED) is 0.920. The fourth-order valence-electron chi connectivity index (χ4n) is 2.87. The van der Waals surface area contributed by atoms with E-state index in [1.807, 2.05) is 12.1 Å². The van der Waals surface area contributed by atoms with E-state index in [4.69, 9.17) is 11.6 Å². The van der Waals surface area contributed by atoms with Gasteiger partial charge in [0.2, 0.25) is 5.91 Å². The number of carbonyl (C=O) groups is 1. The van der Waals surface area contributed by atoms with E-state index < -0.39 is 0 Å². The van der Waals surface area contributed by atoms with E-state index in [-0.39, 0.29) is 5.91 Å². The van der Waals surface area contributed by atoms with Crippen LogP contribution >= 0.6 is 11.6 Å². The Morgan fingerprint density at radius 3 is 2.91 bits per heavy atom. The van der Waals surface area contributed by atoms with Crippen molar-refractivity contribution in [2.45, 2.75) is 19.3 Å². The molecule has 1 heterocycles. The first-order valence-electron chi connectivity index (χ1n) is 7.60. The van der Waals surface area contributed by atoms with Crippen LogP contribution in [0.4, 0.5) is 11.4 Å². The molecule has 0 fully saturated rings. The molecule has 0 saturated carbocycles. The second-order valence-corrected chi connectivity index (χ2v) is 5.96. The molecular weight excluding hydrogens is 296 g/mol. The number of aryl methyl sites for hydroxylation is 1. The van der Waals surface area contributed by atoms with E-state index in [0.717, 1.165) is 31.6 Å². The minimum Gasteiger partial charge on any atom is -0.371 e. The van der Waals surface area contributed by atoms with Gasteiger partial charge in [0.15, 0.2) is 0 Å². The molecule has 22 heavy (non-hydrogen) atoms. The van der Waals surface area contributed by atoms with E-state index in [9.17, 15) is 4.79 Å². The van der Waals surface area contributed by atoms with E-state index in [1.54, 1.807) is 12.1 Å². The minimum absolute atomic E-state index is 0.0188.